The summed E-state index contributed by atoms with van der Waals surface area (Å²) < 4.78 is 0. The Bertz CT molecular complexity index is 683. The van der Waals surface area contributed by atoms with Crippen molar-refractivity contribution in [3.05, 3.63) is 89.5 Å². The average molecular weight is 450 g/mol. The van der Waals surface area contributed by atoms with E-state index >= 15 is 0 Å². The fourth-order valence-electron chi connectivity index (χ4n) is 2.87. The van der Waals surface area contributed by atoms with Crippen LogP contribution in [0.5, 0.6) is 0 Å². The van der Waals surface area contributed by atoms with E-state index in [2.05, 4.69) is 86.7 Å². The van der Waals surface area contributed by atoms with Gasteiger partial charge in [0.05, 0.1) is 0 Å². The number of hydrogen-bond acceptors (Lipinski definition) is 0. The van der Waals surface area contributed by atoms with Gasteiger partial charge in [-0.3, -0.25) is 0 Å². The summed E-state index contributed by atoms with van der Waals surface area (Å²) in [6, 6.07) is 26.6. The molecule has 4 rings (SSSR count). The largest absolute Gasteiger partial charge is 4.00 e. The van der Waals surface area contributed by atoms with Crippen molar-refractivity contribution in [2.75, 3.05) is 0 Å². The Morgan fingerprint density at radius 2 is 1.67 bits per heavy atom. The van der Waals surface area contributed by atoms with Crippen molar-refractivity contribution in [1.82, 2.24) is 0 Å². The molecule has 0 spiro atoms. The maximum absolute atomic E-state index is 3.30. The van der Waals surface area contributed by atoms with Crippen LogP contribution in [0.25, 0.3) is 11.1 Å². The molecule has 0 atom stereocenters. The zero-order valence-electron chi connectivity index (χ0n) is 16.3. The van der Waals surface area contributed by atoms with Crippen LogP contribution in [-0.4, -0.2) is 9.52 Å². The molecule has 0 aliphatic heterocycles. The Morgan fingerprint density at radius 1 is 1.00 bits per heavy atom. The second-order valence-electron chi connectivity index (χ2n) is 6.02. The zero-order valence-corrected chi connectivity index (χ0v) is 20.5. The third kappa shape index (κ3) is 8.89. The Hall–Kier alpha value is -0.699. The molecule has 0 aromatic heterocycles. The quantitative estimate of drug-likeness (QED) is 0.297. The van der Waals surface area contributed by atoms with Crippen LogP contribution in [-0.2, 0) is 34.6 Å². The van der Waals surface area contributed by atoms with Crippen LogP contribution in [0.1, 0.15) is 30.0 Å². The monoisotopic (exact) mass is 449 g/mol. The molecule has 3 aromatic carbocycles. The molecule has 141 valence electrons. The average Bonchev–Trinajstić information content (AvgIpc) is 3.24. The molecule has 0 N–H and O–H groups in total. The molecule has 0 unspecified atom stereocenters. The van der Waals surface area contributed by atoms with E-state index < -0.39 is 0 Å². The molecule has 0 heterocycles. The van der Waals surface area contributed by atoms with Crippen LogP contribution >= 0.6 is 0 Å². The Morgan fingerprint density at radius 3 is 2.30 bits per heavy atom. The van der Waals surface area contributed by atoms with Gasteiger partial charge in [0.25, 0.3) is 0 Å². The van der Waals surface area contributed by atoms with Crippen molar-refractivity contribution in [2.24, 2.45) is 0 Å². The molecule has 1 aliphatic rings. The summed E-state index contributed by atoms with van der Waals surface area (Å²) in [5, 5.41) is 0. The molecule has 0 saturated carbocycles. The number of hydrogen-bond donors (Lipinski definition) is 0. The van der Waals surface area contributed by atoms with Crippen molar-refractivity contribution in [3.8, 4) is 11.1 Å². The van der Waals surface area contributed by atoms with Gasteiger partial charge in [0.1, 0.15) is 0 Å². The van der Waals surface area contributed by atoms with Crippen molar-refractivity contribution >= 4 is 9.52 Å². The second kappa shape index (κ2) is 16.3. The first-order valence-corrected chi connectivity index (χ1v) is 11.1. The third-order valence-electron chi connectivity index (χ3n) is 3.89. The number of benzene rings is 2. The van der Waals surface area contributed by atoms with Gasteiger partial charge in [-0.05, 0) is 6.42 Å². The van der Waals surface area contributed by atoms with E-state index in [0.717, 1.165) is 15.9 Å². The summed E-state index contributed by atoms with van der Waals surface area (Å²) in [5.74, 6) is 0. The van der Waals surface area contributed by atoms with Crippen molar-refractivity contribution in [3.63, 3.8) is 0 Å². The Balaban J connectivity index is 0. The molecule has 0 bridgehead atoms. The topological polar surface area (TPSA) is 0 Å². The number of rotatable bonds is 2. The van der Waals surface area contributed by atoms with E-state index in [1.165, 1.54) is 40.7 Å². The van der Waals surface area contributed by atoms with E-state index in [0.29, 0.717) is 0 Å². The molecular weight excluding hydrogens is 423 g/mol. The Kier molecular flexibility index (Phi) is 17.2. The number of halogens is 2. The molecule has 3 aromatic rings. The number of fused-ring (bicyclic) bond motifs is 3. The maximum Gasteiger partial charge on any atom is 4.00 e. The van der Waals surface area contributed by atoms with Gasteiger partial charge in [0.15, 0.2) is 0 Å². The van der Waals surface area contributed by atoms with Crippen LogP contribution < -0.4 is 24.8 Å². The van der Waals surface area contributed by atoms with Crippen molar-refractivity contribution < 1.29 is 46.5 Å². The zero-order chi connectivity index (χ0) is 17.2. The van der Waals surface area contributed by atoms with Crippen molar-refractivity contribution in [2.45, 2.75) is 39.3 Å². The molecule has 0 fully saturated rings. The summed E-state index contributed by atoms with van der Waals surface area (Å²) in [7, 11) is 0.750. The standard InChI is InChI=1S/C13H9.C8H11.C2H7Si.2ClH.Ti/c1-3-7-12-10(5-1)9-11-6-2-4-8-13(11)12;1-2-5-8-6-3-4-7-8;1-3-2;;;/h1-5,7-8H,9H2;3-4,6-7H,2,5H2,1H3;3H,1-2H3;2*1H;/q2*-1;;;;+4/p-2. The van der Waals surface area contributed by atoms with Gasteiger partial charge < -0.3 is 24.8 Å². The van der Waals surface area contributed by atoms with Gasteiger partial charge in [-0.25, -0.2) is 6.07 Å². The van der Waals surface area contributed by atoms with E-state index in [9.17, 15) is 0 Å². The van der Waals surface area contributed by atoms with Crippen LogP contribution in [0.15, 0.2) is 66.7 Å². The minimum Gasteiger partial charge on any atom is -1.00 e. The summed E-state index contributed by atoms with van der Waals surface area (Å²) in [6.45, 7) is 6.62. The maximum atomic E-state index is 3.30. The van der Waals surface area contributed by atoms with E-state index in [4.69, 9.17) is 0 Å². The summed E-state index contributed by atoms with van der Waals surface area (Å²) >= 11 is 0. The fourth-order valence-corrected chi connectivity index (χ4v) is 2.87. The SMILES string of the molecule is CCCc1cc[cH-]c1.C[SiH]C.[Cl-].[Cl-].[Ti+4].[c-]1cccc2c1Cc1ccccc1-2. The van der Waals surface area contributed by atoms with E-state index in [1.807, 2.05) is 6.07 Å². The van der Waals surface area contributed by atoms with Gasteiger partial charge in [0, 0.05) is 9.52 Å². The third-order valence-corrected chi connectivity index (χ3v) is 3.89. The van der Waals surface area contributed by atoms with Gasteiger partial charge in [-0.15, -0.1) is 5.56 Å². The summed E-state index contributed by atoms with van der Waals surface area (Å²) in [6.07, 6.45) is 3.53. The molecule has 0 amide bonds. The first-order chi connectivity index (χ1) is 11.8. The second-order valence-corrected chi connectivity index (χ2v) is 7.17. The molecule has 4 heteroatoms. The number of aryl methyl sites for hydroxylation is 1. The van der Waals surface area contributed by atoms with Crippen LogP contribution in [0, 0.1) is 6.07 Å². The predicted octanol–water partition coefficient (Wildman–Crippen LogP) is -0.0594. The molecule has 1 aliphatic carbocycles. The molecule has 0 saturated heterocycles. The minimum atomic E-state index is 0. The molecule has 27 heavy (non-hydrogen) atoms. The van der Waals surface area contributed by atoms with Gasteiger partial charge in [-0.2, -0.15) is 53.6 Å². The summed E-state index contributed by atoms with van der Waals surface area (Å²) in [5.41, 5.74) is 6.98. The first kappa shape index (κ1) is 28.5. The van der Waals surface area contributed by atoms with Gasteiger partial charge in [-0.1, -0.05) is 68.3 Å². The van der Waals surface area contributed by atoms with Crippen molar-refractivity contribution in [1.29, 1.82) is 0 Å². The predicted molar refractivity (Wildman–Crippen MR) is 108 cm³/mol. The molecular formula is C23H27Cl2SiTi. The normalized spacial score (nSPS) is 9.44. The van der Waals surface area contributed by atoms with E-state index in [1.54, 1.807) is 0 Å². The van der Waals surface area contributed by atoms with Crippen LogP contribution in [0.2, 0.25) is 13.1 Å². The summed E-state index contributed by atoms with van der Waals surface area (Å²) in [4.78, 5) is 0. The van der Waals surface area contributed by atoms with Crippen LogP contribution in [0.3, 0.4) is 0 Å². The smallest absolute Gasteiger partial charge is 1.00 e. The van der Waals surface area contributed by atoms with Gasteiger partial charge in [0.2, 0.25) is 0 Å². The first-order valence-electron chi connectivity index (χ1n) is 8.82. The molecule has 1 radical (unpaired) electrons. The minimum absolute atomic E-state index is 0. The van der Waals surface area contributed by atoms with E-state index in [-0.39, 0.29) is 46.5 Å². The Labute approximate surface area is 195 Å². The van der Waals surface area contributed by atoms with Gasteiger partial charge >= 0.3 is 21.7 Å². The van der Waals surface area contributed by atoms with Crippen LogP contribution in [0.4, 0.5) is 0 Å². The fraction of sp³-hybridized carbons (Fsp3) is 0.261. The molecule has 0 nitrogen and oxygen atoms in total.